The molecule has 0 fully saturated rings. The fourth-order valence-corrected chi connectivity index (χ4v) is 2.41. The summed E-state index contributed by atoms with van der Waals surface area (Å²) < 4.78 is 0. The van der Waals surface area contributed by atoms with Crippen LogP contribution in [-0.4, -0.2) is 4.98 Å². The van der Waals surface area contributed by atoms with Crippen LogP contribution in [0.5, 0.6) is 0 Å². The van der Waals surface area contributed by atoms with Crippen molar-refractivity contribution in [3.63, 3.8) is 0 Å². The Balaban J connectivity index is 2.41. The van der Waals surface area contributed by atoms with Crippen molar-refractivity contribution in [3.05, 3.63) is 23.4 Å². The van der Waals surface area contributed by atoms with E-state index in [-0.39, 0.29) is 0 Å². The molecule has 0 spiro atoms. The minimum absolute atomic E-state index is 0.336. The van der Waals surface area contributed by atoms with Crippen molar-refractivity contribution >= 4 is 5.82 Å². The Morgan fingerprint density at radius 1 is 1.43 bits per heavy atom. The van der Waals surface area contributed by atoms with E-state index in [0.717, 1.165) is 6.42 Å². The van der Waals surface area contributed by atoms with Crippen LogP contribution in [0.4, 0.5) is 5.82 Å². The molecule has 0 saturated carbocycles. The van der Waals surface area contributed by atoms with Gasteiger partial charge in [-0.1, -0.05) is 20.8 Å². The Kier molecular flexibility index (Phi) is 2.02. The number of nitrogens with zero attached hydrogens (tertiary/aromatic N) is 1. The zero-order valence-corrected chi connectivity index (χ0v) is 9.17. The number of nitrogen functional groups attached to an aromatic ring is 1. The summed E-state index contributed by atoms with van der Waals surface area (Å²) in [7, 11) is 0. The van der Waals surface area contributed by atoms with Crippen LogP contribution in [0.3, 0.4) is 0 Å². The van der Waals surface area contributed by atoms with E-state index < -0.39 is 0 Å². The third-order valence-electron chi connectivity index (χ3n) is 3.17. The molecule has 0 aromatic carbocycles. The lowest BCUT2D eigenvalue weighted by atomic mass is 9.78. The van der Waals surface area contributed by atoms with Gasteiger partial charge in [0.05, 0.1) is 0 Å². The molecule has 14 heavy (non-hydrogen) atoms. The summed E-state index contributed by atoms with van der Waals surface area (Å²) in [4.78, 5) is 4.19. The average Bonchev–Trinajstić information content (AvgIpc) is 2.45. The minimum Gasteiger partial charge on any atom is -0.384 e. The van der Waals surface area contributed by atoms with Gasteiger partial charge in [0.1, 0.15) is 5.82 Å². The predicted molar refractivity (Wildman–Crippen MR) is 59.2 cm³/mol. The van der Waals surface area contributed by atoms with E-state index in [1.807, 2.05) is 12.3 Å². The first-order valence-electron chi connectivity index (χ1n) is 5.23. The third kappa shape index (κ3) is 1.49. The molecule has 0 radical (unpaired) electrons. The molecule has 0 bridgehead atoms. The van der Waals surface area contributed by atoms with Crippen LogP contribution in [0.15, 0.2) is 12.3 Å². The quantitative estimate of drug-likeness (QED) is 0.683. The molecule has 1 unspecified atom stereocenters. The summed E-state index contributed by atoms with van der Waals surface area (Å²) in [6, 6.07) is 2.03. The molecule has 2 rings (SSSR count). The van der Waals surface area contributed by atoms with Crippen molar-refractivity contribution in [1.82, 2.24) is 4.98 Å². The summed E-state index contributed by atoms with van der Waals surface area (Å²) in [6.45, 7) is 6.88. The van der Waals surface area contributed by atoms with E-state index in [2.05, 4.69) is 25.8 Å². The Bertz CT molecular complexity index is 350. The fourth-order valence-electron chi connectivity index (χ4n) is 2.41. The van der Waals surface area contributed by atoms with Crippen LogP contribution >= 0.6 is 0 Å². The number of pyridine rings is 1. The molecule has 1 aliphatic rings. The molecule has 1 atom stereocenters. The van der Waals surface area contributed by atoms with Crippen LogP contribution in [-0.2, 0) is 6.42 Å². The molecule has 76 valence electrons. The van der Waals surface area contributed by atoms with Crippen molar-refractivity contribution in [2.24, 2.45) is 5.41 Å². The topological polar surface area (TPSA) is 38.9 Å². The van der Waals surface area contributed by atoms with Gasteiger partial charge >= 0.3 is 0 Å². The second-order valence-electron chi connectivity index (χ2n) is 5.27. The lowest BCUT2D eigenvalue weighted by molar-refractivity contribution is 0.318. The lowest BCUT2D eigenvalue weighted by Gasteiger charge is -2.27. The number of aromatic nitrogens is 1. The standard InChI is InChI=1S/C12H18N2/c1-12(2,3)10-5-4-8-6-11(13)14-7-9(8)10/h6-7,10H,4-5H2,1-3H3,(H2,13,14). The Labute approximate surface area is 85.5 Å². The number of aryl methyl sites for hydroxylation is 1. The van der Waals surface area contributed by atoms with Gasteiger partial charge in [0.15, 0.2) is 0 Å². The van der Waals surface area contributed by atoms with Gasteiger partial charge in [0, 0.05) is 6.20 Å². The number of hydrogen-bond acceptors (Lipinski definition) is 2. The van der Waals surface area contributed by atoms with Gasteiger partial charge < -0.3 is 5.73 Å². The number of hydrogen-bond donors (Lipinski definition) is 1. The molecule has 0 saturated heterocycles. The smallest absolute Gasteiger partial charge is 0.123 e. The summed E-state index contributed by atoms with van der Waals surface area (Å²) in [5.74, 6) is 1.30. The highest BCUT2D eigenvalue weighted by atomic mass is 14.8. The second kappa shape index (κ2) is 2.97. The van der Waals surface area contributed by atoms with Crippen molar-refractivity contribution in [2.45, 2.75) is 39.5 Å². The fraction of sp³-hybridized carbons (Fsp3) is 0.583. The highest BCUT2D eigenvalue weighted by molar-refractivity contribution is 5.42. The van der Waals surface area contributed by atoms with Crippen molar-refractivity contribution in [3.8, 4) is 0 Å². The molecule has 2 N–H and O–H groups in total. The Morgan fingerprint density at radius 3 is 2.79 bits per heavy atom. The van der Waals surface area contributed by atoms with Crippen LogP contribution in [0.25, 0.3) is 0 Å². The summed E-state index contributed by atoms with van der Waals surface area (Å²) in [6.07, 6.45) is 4.36. The SMILES string of the molecule is CC(C)(C)C1CCc2cc(N)ncc21. The van der Waals surface area contributed by atoms with Crippen molar-refractivity contribution < 1.29 is 0 Å². The predicted octanol–water partition coefficient (Wildman–Crippen LogP) is 2.74. The van der Waals surface area contributed by atoms with E-state index in [0.29, 0.717) is 17.2 Å². The van der Waals surface area contributed by atoms with Crippen molar-refractivity contribution in [1.29, 1.82) is 0 Å². The lowest BCUT2D eigenvalue weighted by Crippen LogP contribution is -2.16. The molecule has 2 heteroatoms. The van der Waals surface area contributed by atoms with Gasteiger partial charge in [-0.2, -0.15) is 0 Å². The number of rotatable bonds is 0. The maximum Gasteiger partial charge on any atom is 0.123 e. The first-order valence-corrected chi connectivity index (χ1v) is 5.23. The monoisotopic (exact) mass is 190 g/mol. The maximum atomic E-state index is 5.67. The van der Waals surface area contributed by atoms with Gasteiger partial charge in [-0.25, -0.2) is 4.98 Å². The summed E-state index contributed by atoms with van der Waals surface area (Å²) in [5, 5.41) is 0. The van der Waals surface area contributed by atoms with E-state index in [1.54, 1.807) is 0 Å². The summed E-state index contributed by atoms with van der Waals surface area (Å²) in [5.41, 5.74) is 8.82. The molecule has 0 amide bonds. The van der Waals surface area contributed by atoms with E-state index in [9.17, 15) is 0 Å². The average molecular weight is 190 g/mol. The van der Waals surface area contributed by atoms with Crippen LogP contribution < -0.4 is 5.73 Å². The number of anilines is 1. The maximum absolute atomic E-state index is 5.67. The number of nitrogens with two attached hydrogens (primary N) is 1. The highest BCUT2D eigenvalue weighted by Crippen LogP contribution is 2.44. The van der Waals surface area contributed by atoms with Crippen LogP contribution in [0, 0.1) is 5.41 Å². The van der Waals surface area contributed by atoms with Gasteiger partial charge in [-0.05, 0) is 41.4 Å². The summed E-state index contributed by atoms with van der Waals surface area (Å²) >= 11 is 0. The molecule has 1 aromatic rings. The normalized spacial score (nSPS) is 20.9. The van der Waals surface area contributed by atoms with Gasteiger partial charge in [0.25, 0.3) is 0 Å². The minimum atomic E-state index is 0.336. The molecule has 1 aliphatic carbocycles. The van der Waals surface area contributed by atoms with Gasteiger partial charge in [-0.3, -0.25) is 0 Å². The Morgan fingerprint density at radius 2 is 2.14 bits per heavy atom. The van der Waals surface area contributed by atoms with Crippen molar-refractivity contribution in [2.75, 3.05) is 5.73 Å². The van der Waals surface area contributed by atoms with E-state index in [4.69, 9.17) is 5.73 Å². The zero-order chi connectivity index (χ0) is 10.3. The third-order valence-corrected chi connectivity index (χ3v) is 3.17. The molecular weight excluding hydrogens is 172 g/mol. The van der Waals surface area contributed by atoms with Crippen LogP contribution in [0.1, 0.15) is 44.2 Å². The van der Waals surface area contributed by atoms with Crippen LogP contribution in [0.2, 0.25) is 0 Å². The molecule has 0 aliphatic heterocycles. The first kappa shape index (κ1) is 9.50. The van der Waals surface area contributed by atoms with E-state index >= 15 is 0 Å². The van der Waals surface area contributed by atoms with Gasteiger partial charge in [-0.15, -0.1) is 0 Å². The second-order valence-corrected chi connectivity index (χ2v) is 5.27. The largest absolute Gasteiger partial charge is 0.384 e. The molecule has 1 heterocycles. The highest BCUT2D eigenvalue weighted by Gasteiger charge is 2.32. The Hall–Kier alpha value is -1.05. The zero-order valence-electron chi connectivity index (χ0n) is 9.17. The molecule has 2 nitrogen and oxygen atoms in total. The first-order chi connectivity index (χ1) is 6.48. The molecular formula is C12H18N2. The van der Waals surface area contributed by atoms with Gasteiger partial charge in [0.2, 0.25) is 0 Å². The van der Waals surface area contributed by atoms with E-state index in [1.165, 1.54) is 17.5 Å². The number of fused-ring (bicyclic) bond motifs is 1. The molecule has 1 aromatic heterocycles.